The number of benzene rings is 1. The summed E-state index contributed by atoms with van der Waals surface area (Å²) in [5, 5.41) is 9.70. The minimum atomic E-state index is -0.746. The lowest BCUT2D eigenvalue weighted by atomic mass is 9.98. The number of allylic oxidation sites excluding steroid dienone is 2. The summed E-state index contributed by atoms with van der Waals surface area (Å²) in [5.41, 5.74) is 0.739. The van der Waals surface area contributed by atoms with E-state index in [1.165, 1.54) is 11.6 Å². The van der Waals surface area contributed by atoms with Gasteiger partial charge in [0.15, 0.2) is 0 Å². The van der Waals surface area contributed by atoms with Crippen LogP contribution in [0.1, 0.15) is 50.4 Å². The number of carbonyl (C=O) groups excluding carboxylic acids is 1. The van der Waals surface area contributed by atoms with Gasteiger partial charge in [-0.15, -0.1) is 0 Å². The monoisotopic (exact) mass is 288 g/mol. The van der Waals surface area contributed by atoms with Crippen molar-refractivity contribution < 1.29 is 14.6 Å². The highest BCUT2D eigenvalue weighted by molar-refractivity contribution is 5.92. The molecule has 0 radical (unpaired) electrons. The maximum atomic E-state index is 12.1. The second-order valence-electron chi connectivity index (χ2n) is 5.37. The highest BCUT2D eigenvalue weighted by Crippen LogP contribution is 2.24. The Kier molecular flexibility index (Phi) is 6.22. The summed E-state index contributed by atoms with van der Waals surface area (Å²) in [6, 6.07) is 6.36. The predicted octanol–water partition coefficient (Wildman–Crippen LogP) is 4.63. The van der Waals surface area contributed by atoms with Crippen LogP contribution in [-0.4, -0.2) is 16.7 Å². The molecule has 1 atom stereocenters. The van der Waals surface area contributed by atoms with Crippen LogP contribution in [0.4, 0.5) is 0 Å². The van der Waals surface area contributed by atoms with Crippen molar-refractivity contribution in [1.82, 2.24) is 0 Å². The Labute approximate surface area is 127 Å². The average molecular weight is 288 g/mol. The number of hydrogen-bond acceptors (Lipinski definition) is 3. The van der Waals surface area contributed by atoms with Crippen molar-refractivity contribution in [3.8, 4) is 5.75 Å². The van der Waals surface area contributed by atoms with Crippen LogP contribution in [0.2, 0.25) is 0 Å². The zero-order valence-corrected chi connectivity index (χ0v) is 13.1. The van der Waals surface area contributed by atoms with Crippen LogP contribution in [0.5, 0.6) is 5.75 Å². The molecule has 0 saturated carbocycles. The van der Waals surface area contributed by atoms with Gasteiger partial charge in [0.25, 0.3) is 0 Å². The molecule has 1 aromatic rings. The predicted molar refractivity (Wildman–Crippen MR) is 85.4 cm³/mol. The van der Waals surface area contributed by atoms with Crippen LogP contribution >= 0.6 is 0 Å². The summed E-state index contributed by atoms with van der Waals surface area (Å²) < 4.78 is 5.52. The summed E-state index contributed by atoms with van der Waals surface area (Å²) in [6.45, 7) is 9.78. The third-order valence-corrected chi connectivity index (χ3v) is 3.57. The van der Waals surface area contributed by atoms with E-state index in [0.717, 1.165) is 12.8 Å². The Morgan fingerprint density at radius 1 is 1.43 bits per heavy atom. The second-order valence-corrected chi connectivity index (χ2v) is 5.37. The van der Waals surface area contributed by atoms with Gasteiger partial charge in [0, 0.05) is 0 Å². The van der Waals surface area contributed by atoms with E-state index in [4.69, 9.17) is 4.74 Å². The molecule has 0 aliphatic rings. The minimum absolute atomic E-state index is 0.0735. The molecule has 0 amide bonds. The molecule has 1 unspecified atom stereocenters. The first kappa shape index (κ1) is 17.0. The molecule has 0 aliphatic heterocycles. The molecule has 1 rings (SSSR count). The summed E-state index contributed by atoms with van der Waals surface area (Å²) >= 11 is 0. The Hall–Kier alpha value is -2.03. The summed E-state index contributed by atoms with van der Waals surface area (Å²) in [5.74, 6) is -0.609. The molecule has 21 heavy (non-hydrogen) atoms. The quantitative estimate of drug-likeness (QED) is 0.587. The molecule has 0 heterocycles. The molecule has 3 heteroatoms. The molecule has 3 nitrogen and oxygen atoms in total. The molecule has 1 aromatic carbocycles. The number of hydrogen-bond donors (Lipinski definition) is 1. The molecule has 0 fully saturated rings. The Balaban J connectivity index is 2.74. The standard InChI is InChI=1S/C18H24O3/c1-5-14(3)10-9-13-18(4,6-2)21-17(20)15-11-7-8-12-16(15)19/h6-8,10-12,19H,2,5,9,13H2,1,3-4H3/b14-10-. The van der Waals surface area contributed by atoms with Crippen LogP contribution in [0.3, 0.4) is 0 Å². The van der Waals surface area contributed by atoms with Crippen molar-refractivity contribution in [1.29, 1.82) is 0 Å². The molecular formula is C18H24O3. The van der Waals surface area contributed by atoms with E-state index in [1.54, 1.807) is 24.3 Å². The maximum Gasteiger partial charge on any atom is 0.342 e. The lowest BCUT2D eigenvalue weighted by Crippen LogP contribution is -2.29. The lowest BCUT2D eigenvalue weighted by Gasteiger charge is -2.26. The first-order valence-electron chi connectivity index (χ1n) is 7.22. The van der Waals surface area contributed by atoms with Crippen LogP contribution in [0.25, 0.3) is 0 Å². The van der Waals surface area contributed by atoms with E-state index >= 15 is 0 Å². The third kappa shape index (κ3) is 5.10. The molecular weight excluding hydrogens is 264 g/mol. The van der Waals surface area contributed by atoms with Crippen LogP contribution in [0, 0.1) is 0 Å². The van der Waals surface area contributed by atoms with Gasteiger partial charge in [-0.3, -0.25) is 0 Å². The van der Waals surface area contributed by atoms with Crippen molar-refractivity contribution in [2.75, 3.05) is 0 Å². The number of phenolic OH excluding ortho intramolecular Hbond substituents is 1. The second kappa shape index (κ2) is 7.67. The zero-order valence-electron chi connectivity index (χ0n) is 13.1. The van der Waals surface area contributed by atoms with E-state index < -0.39 is 11.6 Å². The van der Waals surface area contributed by atoms with Gasteiger partial charge < -0.3 is 9.84 Å². The fourth-order valence-electron chi connectivity index (χ4n) is 1.86. The van der Waals surface area contributed by atoms with Crippen molar-refractivity contribution in [2.45, 2.75) is 45.6 Å². The molecule has 0 aliphatic carbocycles. The normalized spacial score (nSPS) is 14.3. The Morgan fingerprint density at radius 2 is 2.10 bits per heavy atom. The van der Waals surface area contributed by atoms with Gasteiger partial charge >= 0.3 is 5.97 Å². The van der Waals surface area contributed by atoms with Gasteiger partial charge in [-0.05, 0) is 51.3 Å². The van der Waals surface area contributed by atoms with Crippen molar-refractivity contribution in [3.63, 3.8) is 0 Å². The first-order chi connectivity index (χ1) is 9.91. The third-order valence-electron chi connectivity index (χ3n) is 3.57. The Bertz CT molecular complexity index is 531. The number of phenols is 1. The first-order valence-corrected chi connectivity index (χ1v) is 7.22. The van der Waals surface area contributed by atoms with Gasteiger partial charge in [0.1, 0.15) is 16.9 Å². The summed E-state index contributed by atoms with van der Waals surface area (Å²) in [7, 11) is 0. The topological polar surface area (TPSA) is 46.5 Å². The van der Waals surface area contributed by atoms with Crippen molar-refractivity contribution in [3.05, 3.63) is 54.1 Å². The van der Waals surface area contributed by atoms with Crippen molar-refractivity contribution in [2.24, 2.45) is 0 Å². The van der Waals surface area contributed by atoms with E-state index in [-0.39, 0.29) is 11.3 Å². The van der Waals surface area contributed by atoms with E-state index in [2.05, 4.69) is 26.5 Å². The molecule has 0 aromatic heterocycles. The maximum absolute atomic E-state index is 12.1. The lowest BCUT2D eigenvalue weighted by molar-refractivity contribution is 0.00807. The number of carbonyl (C=O) groups is 1. The highest BCUT2D eigenvalue weighted by Gasteiger charge is 2.26. The fourth-order valence-corrected chi connectivity index (χ4v) is 1.86. The molecule has 0 saturated heterocycles. The smallest absolute Gasteiger partial charge is 0.342 e. The SMILES string of the molecule is C=CC(C)(CC/C=C(/C)CC)OC(=O)c1ccccc1O. The van der Waals surface area contributed by atoms with Crippen LogP contribution < -0.4 is 0 Å². The molecule has 0 bridgehead atoms. The van der Waals surface area contributed by atoms with Gasteiger partial charge in [0.05, 0.1) is 0 Å². The van der Waals surface area contributed by atoms with Gasteiger partial charge in [-0.2, -0.15) is 0 Å². The summed E-state index contributed by atoms with van der Waals surface area (Å²) in [6.07, 6.45) is 6.28. The number of ether oxygens (including phenoxy) is 1. The molecule has 1 N–H and O–H groups in total. The Morgan fingerprint density at radius 3 is 2.67 bits per heavy atom. The average Bonchev–Trinajstić information content (AvgIpc) is 2.47. The van der Waals surface area contributed by atoms with E-state index in [9.17, 15) is 9.90 Å². The van der Waals surface area contributed by atoms with E-state index in [1.807, 2.05) is 6.92 Å². The zero-order chi connectivity index (χ0) is 15.9. The van der Waals surface area contributed by atoms with Crippen LogP contribution in [0.15, 0.2) is 48.6 Å². The largest absolute Gasteiger partial charge is 0.507 e. The summed E-state index contributed by atoms with van der Waals surface area (Å²) in [4.78, 5) is 12.1. The number of aromatic hydroxyl groups is 1. The van der Waals surface area contributed by atoms with Crippen molar-refractivity contribution >= 4 is 5.97 Å². The van der Waals surface area contributed by atoms with Gasteiger partial charge in [-0.25, -0.2) is 4.79 Å². The highest BCUT2D eigenvalue weighted by atomic mass is 16.6. The molecule has 0 spiro atoms. The number of rotatable bonds is 7. The van der Waals surface area contributed by atoms with Crippen LogP contribution in [-0.2, 0) is 4.74 Å². The minimum Gasteiger partial charge on any atom is -0.507 e. The van der Waals surface area contributed by atoms with Gasteiger partial charge in [0.2, 0.25) is 0 Å². The number of esters is 1. The van der Waals surface area contributed by atoms with Gasteiger partial charge in [-0.1, -0.05) is 37.3 Å². The van der Waals surface area contributed by atoms with E-state index in [0.29, 0.717) is 6.42 Å². The number of para-hydroxylation sites is 1. The molecule has 114 valence electrons. The fraction of sp³-hybridized carbons (Fsp3) is 0.389.